The molecule has 192 valence electrons. The fourth-order valence-electron chi connectivity index (χ4n) is 4.52. The third-order valence-corrected chi connectivity index (χ3v) is 6.86. The van der Waals surface area contributed by atoms with Crippen LogP contribution in [0.5, 0.6) is 5.75 Å². The van der Waals surface area contributed by atoms with Gasteiger partial charge < -0.3 is 29.2 Å². The number of ether oxygens (including phenoxy) is 4. The minimum absolute atomic E-state index is 0.0943. The van der Waals surface area contributed by atoms with Gasteiger partial charge >= 0.3 is 0 Å². The molecule has 0 radical (unpaired) electrons. The Hall–Kier alpha value is -1.71. The van der Waals surface area contributed by atoms with Crippen LogP contribution in [0.1, 0.15) is 35.6 Å². The molecule has 4 rings (SSSR count). The average molecular weight is 506 g/mol. The van der Waals surface area contributed by atoms with Crippen LogP contribution in [0.4, 0.5) is 0 Å². The summed E-state index contributed by atoms with van der Waals surface area (Å²) in [6.45, 7) is 6.17. The van der Waals surface area contributed by atoms with Gasteiger partial charge in [-0.05, 0) is 41.3 Å². The van der Waals surface area contributed by atoms with Crippen molar-refractivity contribution in [3.05, 3.63) is 64.2 Å². The molecule has 2 N–H and O–H groups in total. The maximum atomic E-state index is 10.1. The predicted octanol–water partition coefficient (Wildman–Crippen LogP) is 3.23. The van der Waals surface area contributed by atoms with E-state index in [4.69, 9.17) is 30.5 Å². The molecule has 0 bridgehead atoms. The number of hydrogen-bond acceptors (Lipinski definition) is 7. The van der Waals surface area contributed by atoms with E-state index in [1.54, 1.807) is 0 Å². The Kier molecular flexibility index (Phi) is 10.2. The molecule has 2 saturated heterocycles. The fourth-order valence-corrected chi connectivity index (χ4v) is 4.70. The van der Waals surface area contributed by atoms with Crippen molar-refractivity contribution in [2.24, 2.45) is 0 Å². The highest BCUT2D eigenvalue weighted by Crippen LogP contribution is 2.33. The molecule has 2 aliphatic rings. The highest BCUT2D eigenvalue weighted by atomic mass is 35.5. The van der Waals surface area contributed by atoms with Gasteiger partial charge in [0.2, 0.25) is 0 Å². The average Bonchev–Trinajstić information content (AvgIpc) is 2.88. The number of morpholine rings is 1. The van der Waals surface area contributed by atoms with Gasteiger partial charge in [-0.3, -0.25) is 4.90 Å². The zero-order valence-corrected chi connectivity index (χ0v) is 20.9. The first-order chi connectivity index (χ1) is 17.1. The molecule has 2 fully saturated rings. The second-order valence-electron chi connectivity index (χ2n) is 9.14. The number of hydrogen-bond donors (Lipinski definition) is 2. The quantitative estimate of drug-likeness (QED) is 0.454. The molecule has 8 heteroatoms. The second kappa shape index (κ2) is 13.6. The molecule has 2 aromatic carbocycles. The van der Waals surface area contributed by atoms with E-state index in [1.807, 2.05) is 42.5 Å². The molecular formula is C27H36ClNO6. The Balaban J connectivity index is 1.23. The first-order valence-corrected chi connectivity index (χ1v) is 12.8. The van der Waals surface area contributed by atoms with Crippen LogP contribution in [0.25, 0.3) is 0 Å². The van der Waals surface area contributed by atoms with Crippen LogP contribution >= 0.6 is 11.6 Å². The van der Waals surface area contributed by atoms with Gasteiger partial charge in [-0.15, -0.1) is 0 Å². The van der Waals surface area contributed by atoms with Crippen LogP contribution in [0.3, 0.4) is 0 Å². The third kappa shape index (κ3) is 8.15. The molecule has 35 heavy (non-hydrogen) atoms. The summed E-state index contributed by atoms with van der Waals surface area (Å²) in [4.78, 5) is 2.35. The standard InChI is InChI=1S/C27H36ClNO6/c28-26-6-3-21(27-18-23(31)17-25(19-30)35-27)16-22(26)15-20-1-4-24(5-2-20)34-14-13-33-12-9-29-7-10-32-11-8-29/h1-6,16,23,25,27,30-31H,7-15,17-19H2. The van der Waals surface area contributed by atoms with E-state index in [1.165, 1.54) is 0 Å². The molecule has 0 saturated carbocycles. The fraction of sp³-hybridized carbons (Fsp3) is 0.556. The maximum Gasteiger partial charge on any atom is 0.119 e. The van der Waals surface area contributed by atoms with Crippen molar-refractivity contribution in [1.82, 2.24) is 4.90 Å². The summed E-state index contributed by atoms with van der Waals surface area (Å²) < 4.78 is 22.8. The lowest BCUT2D eigenvalue weighted by Crippen LogP contribution is -2.38. The van der Waals surface area contributed by atoms with Gasteiger partial charge in [0.1, 0.15) is 12.4 Å². The first-order valence-electron chi connectivity index (χ1n) is 12.4. The first kappa shape index (κ1) is 26.4. The van der Waals surface area contributed by atoms with Crippen molar-refractivity contribution in [3.63, 3.8) is 0 Å². The van der Waals surface area contributed by atoms with Crippen LogP contribution in [0.15, 0.2) is 42.5 Å². The van der Waals surface area contributed by atoms with Gasteiger partial charge in [-0.25, -0.2) is 0 Å². The number of rotatable bonds is 11. The monoisotopic (exact) mass is 505 g/mol. The van der Waals surface area contributed by atoms with Gasteiger partial charge in [0.25, 0.3) is 0 Å². The van der Waals surface area contributed by atoms with E-state index in [0.717, 1.165) is 55.3 Å². The predicted molar refractivity (Wildman–Crippen MR) is 134 cm³/mol. The van der Waals surface area contributed by atoms with Crippen LogP contribution in [0, 0.1) is 0 Å². The summed E-state index contributed by atoms with van der Waals surface area (Å²) in [5.41, 5.74) is 3.09. The minimum atomic E-state index is -0.479. The number of aliphatic hydroxyl groups is 2. The topological polar surface area (TPSA) is 80.6 Å². The van der Waals surface area contributed by atoms with Crippen molar-refractivity contribution in [1.29, 1.82) is 0 Å². The molecular weight excluding hydrogens is 470 g/mol. The maximum absolute atomic E-state index is 10.1. The van der Waals surface area contributed by atoms with Crippen molar-refractivity contribution < 1.29 is 29.2 Å². The van der Waals surface area contributed by atoms with E-state index in [9.17, 15) is 10.2 Å². The largest absolute Gasteiger partial charge is 0.491 e. The van der Waals surface area contributed by atoms with Crippen LogP contribution < -0.4 is 4.74 Å². The lowest BCUT2D eigenvalue weighted by atomic mass is 9.94. The minimum Gasteiger partial charge on any atom is -0.491 e. The molecule has 7 nitrogen and oxygen atoms in total. The van der Waals surface area contributed by atoms with E-state index in [2.05, 4.69) is 4.90 Å². The highest BCUT2D eigenvalue weighted by molar-refractivity contribution is 6.31. The molecule has 2 aliphatic heterocycles. The third-order valence-electron chi connectivity index (χ3n) is 6.49. The number of nitrogens with zero attached hydrogens (tertiary/aromatic N) is 1. The van der Waals surface area contributed by atoms with Crippen molar-refractivity contribution in [3.8, 4) is 5.75 Å². The molecule has 2 heterocycles. The SMILES string of the molecule is OCC1CC(O)CC(c2ccc(Cl)c(Cc3ccc(OCCOCCN4CCOCC4)cc3)c2)O1. The van der Waals surface area contributed by atoms with Gasteiger partial charge in [0, 0.05) is 37.5 Å². The summed E-state index contributed by atoms with van der Waals surface area (Å²) in [6, 6.07) is 13.9. The van der Waals surface area contributed by atoms with Crippen LogP contribution in [-0.2, 0) is 20.6 Å². The van der Waals surface area contributed by atoms with Crippen molar-refractivity contribution in [2.75, 3.05) is 59.3 Å². The van der Waals surface area contributed by atoms with E-state index >= 15 is 0 Å². The Morgan fingerprint density at radius 2 is 1.80 bits per heavy atom. The Morgan fingerprint density at radius 1 is 1.00 bits per heavy atom. The summed E-state index contributed by atoms with van der Waals surface area (Å²) in [5.74, 6) is 0.810. The van der Waals surface area contributed by atoms with E-state index in [0.29, 0.717) is 44.1 Å². The summed E-state index contributed by atoms with van der Waals surface area (Å²) in [7, 11) is 0. The molecule has 0 aromatic heterocycles. The zero-order chi connectivity index (χ0) is 24.5. The highest BCUT2D eigenvalue weighted by Gasteiger charge is 2.29. The molecule has 0 amide bonds. The van der Waals surface area contributed by atoms with Crippen LogP contribution in [0.2, 0.25) is 5.02 Å². The van der Waals surface area contributed by atoms with Crippen molar-refractivity contribution >= 4 is 11.6 Å². The smallest absolute Gasteiger partial charge is 0.119 e. The van der Waals surface area contributed by atoms with Crippen LogP contribution in [-0.4, -0.2) is 86.6 Å². The van der Waals surface area contributed by atoms with Gasteiger partial charge in [-0.2, -0.15) is 0 Å². The number of halogens is 1. The molecule has 0 aliphatic carbocycles. The molecule has 2 aromatic rings. The summed E-state index contributed by atoms with van der Waals surface area (Å²) in [5, 5.41) is 20.3. The number of benzene rings is 2. The Morgan fingerprint density at radius 3 is 2.57 bits per heavy atom. The van der Waals surface area contributed by atoms with E-state index in [-0.39, 0.29) is 18.8 Å². The van der Waals surface area contributed by atoms with Crippen molar-refractivity contribution in [2.45, 2.75) is 37.6 Å². The van der Waals surface area contributed by atoms with Gasteiger partial charge in [0.05, 0.1) is 51.3 Å². The van der Waals surface area contributed by atoms with Gasteiger partial charge in [0.15, 0.2) is 0 Å². The van der Waals surface area contributed by atoms with Gasteiger partial charge in [-0.1, -0.05) is 35.9 Å². The molecule has 3 atom stereocenters. The zero-order valence-electron chi connectivity index (χ0n) is 20.1. The lowest BCUT2D eigenvalue weighted by molar-refractivity contribution is -0.113. The summed E-state index contributed by atoms with van der Waals surface area (Å²) in [6.07, 6.45) is 0.580. The lowest BCUT2D eigenvalue weighted by Gasteiger charge is -2.32. The second-order valence-corrected chi connectivity index (χ2v) is 9.55. The molecule has 0 spiro atoms. The summed E-state index contributed by atoms with van der Waals surface area (Å²) >= 11 is 6.48. The normalized spacial score (nSPS) is 23.3. The Labute approximate surface area is 212 Å². The van der Waals surface area contributed by atoms with E-state index < -0.39 is 6.10 Å². The number of aliphatic hydroxyl groups excluding tert-OH is 2. The Bertz CT molecular complexity index is 905. The molecule has 3 unspecified atom stereocenters.